The van der Waals surface area contributed by atoms with Gasteiger partial charge in [-0.25, -0.2) is 0 Å². The molecular weight excluding hydrogens is 177 g/mol. The fourth-order valence-corrected chi connectivity index (χ4v) is 0. The van der Waals surface area contributed by atoms with Crippen LogP contribution in [0, 0.1) is 4.17 Å². The third kappa shape index (κ3) is 159. The molecule has 0 saturated heterocycles. The normalized spacial score (nSPS) is 7.88. The van der Waals surface area contributed by atoms with E-state index in [1.54, 1.807) is 0 Å². The summed E-state index contributed by atoms with van der Waals surface area (Å²) >= 11 is 1.42. The van der Waals surface area contributed by atoms with Crippen LogP contribution in [0.1, 0.15) is 0 Å². The van der Waals surface area contributed by atoms with Gasteiger partial charge < -0.3 is 9.11 Å². The van der Waals surface area contributed by atoms with E-state index in [4.69, 9.17) is 21.7 Å². The first kappa shape index (κ1) is 16.2. The monoisotopic (exact) mass is 177 g/mol. The van der Waals surface area contributed by atoms with E-state index in [1.165, 1.54) is 15.9 Å². The van der Waals surface area contributed by atoms with E-state index in [2.05, 4.69) is 0 Å². The summed E-state index contributed by atoms with van der Waals surface area (Å²) in [5.41, 5.74) is 0. The van der Waals surface area contributed by atoms with Crippen molar-refractivity contribution in [2.45, 2.75) is 0 Å². The Morgan fingerprint density at radius 1 is 1.25 bits per heavy atom. The molecule has 0 rings (SSSR count). The van der Waals surface area contributed by atoms with E-state index in [9.17, 15) is 0 Å². The summed E-state index contributed by atoms with van der Waals surface area (Å²) in [7, 11) is -5.17. The van der Waals surface area contributed by atoms with Gasteiger partial charge in [-0.1, -0.05) is 0 Å². The van der Waals surface area contributed by atoms with Crippen molar-refractivity contribution < 1.29 is 17.5 Å². The Kier molecular flexibility index (Phi) is 16.9. The summed E-state index contributed by atoms with van der Waals surface area (Å²) in [5, 5.41) is 0. The molecule has 40 valence electrons. The standard InChI is InChI=1S/Al.Ca.N.H2O4S/c;;;1-5(2,3)4/h;;;(H2,1,2,3,4)/q;+2;;/p-2. The molecule has 0 aliphatic rings. The van der Waals surface area contributed by atoms with E-state index in [-0.39, 0.29) is 37.7 Å². The average molecular weight is 177 g/mol. The zero-order chi connectivity index (χ0) is 6.50. The summed E-state index contributed by atoms with van der Waals surface area (Å²) in [6, 6.07) is 0. The molecule has 5 nitrogen and oxygen atoms in total. The first-order valence-electron chi connectivity index (χ1n) is 0.925. The van der Waals surface area contributed by atoms with Gasteiger partial charge in [0.25, 0.3) is 0 Å². The van der Waals surface area contributed by atoms with Crippen LogP contribution in [0.15, 0.2) is 0 Å². The zero-order valence-electron chi connectivity index (χ0n) is 3.77. The number of hydrogen-bond donors (Lipinski definition) is 0. The van der Waals surface area contributed by atoms with E-state index in [1.807, 2.05) is 0 Å². The maximum absolute atomic E-state index is 8.52. The molecule has 0 aliphatic carbocycles. The van der Waals surface area contributed by atoms with Gasteiger partial charge in [0.2, 0.25) is 0 Å². The average Bonchev–Trinajstić information content (AvgIpc) is 1.36. The van der Waals surface area contributed by atoms with Gasteiger partial charge in [0.1, 0.15) is 0 Å². The van der Waals surface area contributed by atoms with Gasteiger partial charge in [0, 0.05) is 10.4 Å². The van der Waals surface area contributed by atoms with Crippen molar-refractivity contribution >= 4 is 64.1 Å². The molecule has 0 unspecified atom stereocenters. The Labute approximate surface area is 84.7 Å². The molecule has 0 aliphatic heterocycles. The van der Waals surface area contributed by atoms with Crippen LogP contribution in [0.5, 0.6) is 0 Å². The van der Waals surface area contributed by atoms with E-state index < -0.39 is 10.4 Å². The predicted octanol–water partition coefficient (Wildman–Crippen LogP) is -2.08. The van der Waals surface area contributed by atoms with Crippen LogP contribution < -0.4 is 0 Å². The van der Waals surface area contributed by atoms with Crippen molar-refractivity contribution in [2.75, 3.05) is 0 Å². The van der Waals surface area contributed by atoms with Crippen LogP contribution >= 0.6 is 0 Å². The fourth-order valence-electron chi connectivity index (χ4n) is 0. The molecule has 0 amide bonds. The molecule has 0 N–H and O–H groups in total. The third-order valence-corrected chi connectivity index (χ3v) is 0. The molecule has 0 aromatic carbocycles. The second-order valence-electron chi connectivity index (χ2n) is 0.408. The summed E-state index contributed by atoms with van der Waals surface area (Å²) in [4.78, 5) is 0. The molecule has 0 saturated carbocycles. The fraction of sp³-hybridized carbons (Fsp3) is 0. The molecule has 0 aromatic heterocycles. The van der Waals surface area contributed by atoms with Crippen LogP contribution in [-0.2, 0) is 10.4 Å². The minimum atomic E-state index is -5.17. The molecule has 0 bridgehead atoms. The molecule has 8 heteroatoms. The molecule has 0 radical (unpaired) electrons. The number of hydrogen-bond acceptors (Lipinski definition) is 5. The van der Waals surface area contributed by atoms with Crippen molar-refractivity contribution in [1.29, 1.82) is 4.17 Å². The van der Waals surface area contributed by atoms with Gasteiger partial charge in [-0.3, -0.25) is 8.42 Å². The number of nitrogens with zero attached hydrogens (tertiary/aromatic N) is 1. The van der Waals surface area contributed by atoms with Crippen LogP contribution in [0.3, 0.4) is 0 Å². The molecular formula is AlCaNO4S. The number of rotatable bonds is 0. The van der Waals surface area contributed by atoms with E-state index in [0.29, 0.717) is 0 Å². The third-order valence-electron chi connectivity index (χ3n) is 0. The van der Waals surface area contributed by atoms with E-state index in [0.717, 1.165) is 0 Å². The summed E-state index contributed by atoms with van der Waals surface area (Å²) in [5.74, 6) is 0. The van der Waals surface area contributed by atoms with Crippen molar-refractivity contribution in [2.24, 2.45) is 0 Å². The Bertz CT molecular complexity index is 127. The van der Waals surface area contributed by atoms with Crippen LogP contribution in [0.4, 0.5) is 0 Å². The van der Waals surface area contributed by atoms with Gasteiger partial charge in [0.15, 0.2) is 0 Å². The van der Waals surface area contributed by atoms with E-state index >= 15 is 0 Å². The summed E-state index contributed by atoms with van der Waals surface area (Å²) in [6.45, 7) is 0. The molecule has 0 heterocycles. The molecule has 0 atom stereocenters. The Morgan fingerprint density at radius 2 is 1.25 bits per heavy atom. The Balaban J connectivity index is -0.0000000750. The summed E-state index contributed by atoms with van der Waals surface area (Å²) < 4.78 is 41.0. The SMILES string of the molecule is O=S(=O)([O-])[O-].[Ca+2].[N]#[Al]. The molecule has 0 fully saturated rings. The second kappa shape index (κ2) is 8.37. The summed E-state index contributed by atoms with van der Waals surface area (Å²) in [6.07, 6.45) is 0. The Morgan fingerprint density at radius 3 is 1.25 bits per heavy atom. The van der Waals surface area contributed by atoms with Gasteiger partial charge in [0.05, 0.1) is 0 Å². The quantitative estimate of drug-likeness (QED) is 0.240. The van der Waals surface area contributed by atoms with Gasteiger partial charge >= 0.3 is 57.8 Å². The van der Waals surface area contributed by atoms with Gasteiger partial charge in [-0.15, -0.1) is 0 Å². The van der Waals surface area contributed by atoms with Crippen molar-refractivity contribution in [3.8, 4) is 0 Å². The van der Waals surface area contributed by atoms with Crippen LogP contribution in [0.2, 0.25) is 0 Å². The van der Waals surface area contributed by atoms with Crippen molar-refractivity contribution in [3.05, 3.63) is 0 Å². The molecule has 0 aromatic rings. The first-order chi connectivity index (χ1) is 3.00. The van der Waals surface area contributed by atoms with Gasteiger partial charge in [-0.05, 0) is 0 Å². The topological polar surface area (TPSA) is 104 Å². The Hall–Kier alpha value is 1.37. The van der Waals surface area contributed by atoms with Crippen LogP contribution in [0.25, 0.3) is 0 Å². The first-order valence-corrected chi connectivity index (χ1v) is 2.77. The minimum absolute atomic E-state index is 0. The predicted molar refractivity (Wildman–Crippen MR) is 23.7 cm³/mol. The molecule has 0 spiro atoms. The second-order valence-corrected chi connectivity index (χ2v) is 1.22. The van der Waals surface area contributed by atoms with Gasteiger partial charge in [-0.2, -0.15) is 0 Å². The maximum atomic E-state index is 8.52. The van der Waals surface area contributed by atoms with Crippen LogP contribution in [-0.4, -0.2) is 71.2 Å². The zero-order valence-corrected chi connectivity index (χ0v) is 7.95. The van der Waals surface area contributed by atoms with Crippen molar-refractivity contribution in [3.63, 3.8) is 0 Å². The van der Waals surface area contributed by atoms with Crippen molar-refractivity contribution in [1.82, 2.24) is 0 Å². The molecule has 8 heavy (non-hydrogen) atoms.